The first-order valence-corrected chi connectivity index (χ1v) is 9.62. The van der Waals surface area contributed by atoms with Crippen molar-refractivity contribution in [2.75, 3.05) is 32.8 Å². The molecule has 2 saturated heterocycles. The molecule has 0 saturated carbocycles. The third kappa shape index (κ3) is 3.49. The number of aromatic nitrogens is 3. The fourth-order valence-electron chi connectivity index (χ4n) is 3.47. The highest BCUT2D eigenvalue weighted by atomic mass is 32.1. The van der Waals surface area contributed by atoms with Crippen LogP contribution in [0.3, 0.4) is 0 Å². The number of thiophene rings is 1. The molecule has 26 heavy (non-hydrogen) atoms. The van der Waals surface area contributed by atoms with Crippen molar-refractivity contribution in [1.29, 1.82) is 0 Å². The molecule has 2 amide bonds. The molecule has 8 nitrogen and oxygen atoms in total. The molecule has 0 aliphatic carbocycles. The maximum Gasteiger partial charge on any atom is 0.264 e. The fourth-order valence-corrected chi connectivity index (χ4v) is 4.60. The monoisotopic (exact) mass is 375 g/mol. The van der Waals surface area contributed by atoms with Crippen molar-refractivity contribution >= 4 is 23.2 Å². The van der Waals surface area contributed by atoms with Crippen LogP contribution in [0.15, 0.2) is 24.8 Å². The van der Waals surface area contributed by atoms with Gasteiger partial charge in [-0.3, -0.25) is 9.59 Å². The maximum absolute atomic E-state index is 12.6. The number of rotatable bonds is 4. The lowest BCUT2D eigenvalue weighted by molar-refractivity contribution is -0.132. The van der Waals surface area contributed by atoms with E-state index in [9.17, 15) is 9.59 Å². The fraction of sp³-hybridized carbons (Fsp3) is 0.529. The van der Waals surface area contributed by atoms with Crippen LogP contribution in [0, 0.1) is 0 Å². The van der Waals surface area contributed by atoms with Crippen molar-refractivity contribution in [1.82, 2.24) is 24.6 Å². The number of amides is 2. The molecule has 4 heterocycles. The van der Waals surface area contributed by atoms with E-state index in [1.807, 2.05) is 21.9 Å². The molecule has 0 N–H and O–H groups in total. The van der Waals surface area contributed by atoms with E-state index in [0.717, 1.165) is 29.1 Å². The van der Waals surface area contributed by atoms with Crippen LogP contribution in [-0.4, -0.2) is 69.2 Å². The second-order valence-electron chi connectivity index (χ2n) is 6.44. The number of likely N-dealkylation sites (tertiary alicyclic amines) is 1. The van der Waals surface area contributed by atoms with E-state index in [0.29, 0.717) is 26.3 Å². The van der Waals surface area contributed by atoms with Gasteiger partial charge in [0.1, 0.15) is 19.2 Å². The molecule has 2 aliphatic rings. The van der Waals surface area contributed by atoms with Gasteiger partial charge in [-0.05, 0) is 25.0 Å². The summed E-state index contributed by atoms with van der Waals surface area (Å²) in [6.45, 7) is 3.40. The quantitative estimate of drug-likeness (QED) is 0.802. The van der Waals surface area contributed by atoms with E-state index < -0.39 is 0 Å². The number of nitrogens with zero attached hydrogens (tertiary/aromatic N) is 5. The average molecular weight is 375 g/mol. The smallest absolute Gasteiger partial charge is 0.264 e. The van der Waals surface area contributed by atoms with E-state index in [1.165, 1.54) is 17.7 Å². The summed E-state index contributed by atoms with van der Waals surface area (Å²) in [5.74, 6) is 0.0931. The molecule has 0 aromatic carbocycles. The molecule has 2 aromatic heterocycles. The van der Waals surface area contributed by atoms with Crippen molar-refractivity contribution in [3.8, 4) is 0 Å². The summed E-state index contributed by atoms with van der Waals surface area (Å²) >= 11 is 1.50. The van der Waals surface area contributed by atoms with Crippen LogP contribution in [0.1, 0.15) is 33.4 Å². The van der Waals surface area contributed by atoms with Crippen LogP contribution >= 0.6 is 11.3 Å². The van der Waals surface area contributed by atoms with Crippen LogP contribution < -0.4 is 0 Å². The SMILES string of the molecule is O=C(c1ccc([C@@H]2CCCN2C(=O)Cn2cncn2)s1)N1CCOCC1. The number of ether oxygens (including phenoxy) is 1. The number of hydrogen-bond acceptors (Lipinski definition) is 6. The molecular formula is C17H21N5O3S. The topological polar surface area (TPSA) is 80.6 Å². The van der Waals surface area contributed by atoms with Crippen LogP contribution in [0.25, 0.3) is 0 Å². The Morgan fingerprint density at radius 3 is 2.85 bits per heavy atom. The third-order valence-corrected chi connectivity index (χ3v) is 5.98. The molecule has 2 aromatic rings. The van der Waals surface area contributed by atoms with E-state index in [-0.39, 0.29) is 24.4 Å². The van der Waals surface area contributed by atoms with Crippen LogP contribution in [0.2, 0.25) is 0 Å². The minimum atomic E-state index is 0.0347. The Hall–Kier alpha value is -2.26. The lowest BCUT2D eigenvalue weighted by atomic mass is 10.2. The van der Waals surface area contributed by atoms with Gasteiger partial charge in [-0.2, -0.15) is 5.10 Å². The van der Waals surface area contributed by atoms with E-state index in [1.54, 1.807) is 11.0 Å². The molecule has 2 aliphatic heterocycles. The first-order valence-electron chi connectivity index (χ1n) is 8.81. The zero-order chi connectivity index (χ0) is 17.9. The zero-order valence-electron chi connectivity index (χ0n) is 14.4. The lowest BCUT2D eigenvalue weighted by Crippen LogP contribution is -2.40. The van der Waals surface area contributed by atoms with E-state index >= 15 is 0 Å². The first kappa shape index (κ1) is 17.2. The highest BCUT2D eigenvalue weighted by Crippen LogP contribution is 2.36. The van der Waals surface area contributed by atoms with E-state index in [4.69, 9.17) is 4.74 Å². The van der Waals surface area contributed by atoms with Gasteiger partial charge < -0.3 is 14.5 Å². The molecule has 138 valence electrons. The van der Waals surface area contributed by atoms with Gasteiger partial charge >= 0.3 is 0 Å². The number of hydrogen-bond donors (Lipinski definition) is 0. The van der Waals surface area contributed by atoms with Crippen molar-refractivity contribution in [3.63, 3.8) is 0 Å². The minimum Gasteiger partial charge on any atom is -0.378 e. The molecule has 0 spiro atoms. The van der Waals surface area contributed by atoms with Gasteiger partial charge in [-0.1, -0.05) is 0 Å². The van der Waals surface area contributed by atoms with Gasteiger partial charge in [0.25, 0.3) is 5.91 Å². The number of carbonyl (C=O) groups excluding carboxylic acids is 2. The second kappa shape index (κ2) is 7.55. The Kier molecular flexibility index (Phi) is 4.98. The molecular weight excluding hydrogens is 354 g/mol. The Balaban J connectivity index is 1.45. The summed E-state index contributed by atoms with van der Waals surface area (Å²) in [7, 11) is 0. The maximum atomic E-state index is 12.6. The van der Waals surface area contributed by atoms with Gasteiger partial charge in [-0.15, -0.1) is 11.3 Å². The highest BCUT2D eigenvalue weighted by molar-refractivity contribution is 7.14. The Bertz CT molecular complexity index is 769. The summed E-state index contributed by atoms with van der Waals surface area (Å²) in [6, 6.07) is 3.92. The molecule has 0 bridgehead atoms. The largest absolute Gasteiger partial charge is 0.378 e. The molecule has 4 rings (SSSR count). The first-order chi connectivity index (χ1) is 12.7. The Labute approximate surface area is 155 Å². The molecule has 0 unspecified atom stereocenters. The summed E-state index contributed by atoms with van der Waals surface area (Å²) in [5.41, 5.74) is 0. The van der Waals surface area contributed by atoms with Crippen molar-refractivity contribution in [2.24, 2.45) is 0 Å². The van der Waals surface area contributed by atoms with Crippen molar-refractivity contribution in [2.45, 2.75) is 25.4 Å². The van der Waals surface area contributed by atoms with Gasteiger partial charge in [-0.25, -0.2) is 9.67 Å². The predicted octanol–water partition coefficient (Wildman–Crippen LogP) is 1.18. The molecule has 9 heteroatoms. The minimum absolute atomic E-state index is 0.0347. The molecule has 0 radical (unpaired) electrons. The van der Waals surface area contributed by atoms with Gasteiger partial charge in [0.05, 0.1) is 24.1 Å². The van der Waals surface area contributed by atoms with Crippen molar-refractivity contribution in [3.05, 3.63) is 34.5 Å². The summed E-state index contributed by atoms with van der Waals surface area (Å²) in [6.07, 6.45) is 4.87. The van der Waals surface area contributed by atoms with Gasteiger partial charge in [0.15, 0.2) is 0 Å². The summed E-state index contributed by atoms with van der Waals surface area (Å²) in [4.78, 5) is 34.7. The van der Waals surface area contributed by atoms with Crippen LogP contribution in [0.5, 0.6) is 0 Å². The van der Waals surface area contributed by atoms with Gasteiger partial charge in [0, 0.05) is 24.5 Å². The predicted molar refractivity (Wildman–Crippen MR) is 94.8 cm³/mol. The Morgan fingerprint density at radius 1 is 1.23 bits per heavy atom. The highest BCUT2D eigenvalue weighted by Gasteiger charge is 2.32. The number of carbonyl (C=O) groups is 2. The average Bonchev–Trinajstić information content (AvgIpc) is 3.41. The van der Waals surface area contributed by atoms with Crippen molar-refractivity contribution < 1.29 is 14.3 Å². The van der Waals surface area contributed by atoms with Gasteiger partial charge in [0.2, 0.25) is 5.91 Å². The Morgan fingerprint density at radius 2 is 2.08 bits per heavy atom. The molecule has 1 atom stereocenters. The lowest BCUT2D eigenvalue weighted by Gasteiger charge is -2.26. The standard InChI is InChI=1S/C17H21N5O3S/c23-16(10-21-12-18-11-19-21)22-5-1-2-13(22)14-3-4-15(26-14)17(24)20-6-8-25-9-7-20/h3-4,11-13H,1-2,5-10H2/t13-/m0/s1. The summed E-state index contributed by atoms with van der Waals surface area (Å²) < 4.78 is 6.85. The van der Waals surface area contributed by atoms with E-state index in [2.05, 4.69) is 10.1 Å². The second-order valence-corrected chi connectivity index (χ2v) is 7.56. The zero-order valence-corrected chi connectivity index (χ0v) is 15.2. The summed E-state index contributed by atoms with van der Waals surface area (Å²) in [5, 5.41) is 4.00. The normalized spacial score (nSPS) is 20.5. The third-order valence-electron chi connectivity index (χ3n) is 4.80. The van der Waals surface area contributed by atoms with Crippen LogP contribution in [-0.2, 0) is 16.1 Å². The van der Waals surface area contributed by atoms with Crippen LogP contribution in [0.4, 0.5) is 0 Å². The number of morpholine rings is 1. The molecule has 2 fully saturated rings.